The van der Waals surface area contributed by atoms with Gasteiger partial charge in [0.05, 0.1) is 5.69 Å². The second-order valence-electron chi connectivity index (χ2n) is 5.82. The molecule has 20 heavy (non-hydrogen) atoms. The number of aryl methyl sites for hydroxylation is 2. The highest BCUT2D eigenvalue weighted by Crippen LogP contribution is 2.28. The van der Waals surface area contributed by atoms with Crippen LogP contribution in [-0.4, -0.2) is 16.3 Å². The Morgan fingerprint density at radius 3 is 2.55 bits per heavy atom. The minimum Gasteiger partial charge on any atom is -0.310 e. The molecule has 1 N–H and O–H groups in total. The van der Waals surface area contributed by atoms with Gasteiger partial charge in [-0.25, -0.2) is 0 Å². The molecule has 0 fully saturated rings. The summed E-state index contributed by atoms with van der Waals surface area (Å²) in [4.78, 5) is 0. The summed E-state index contributed by atoms with van der Waals surface area (Å²) in [5.41, 5.74) is 2.66. The Balaban J connectivity index is 2.81. The molecule has 116 valence electrons. The molecule has 0 aliphatic rings. The number of hydrogen-bond acceptors (Lipinski definition) is 2. The molecule has 1 heterocycles. The van der Waals surface area contributed by atoms with Gasteiger partial charge >= 0.3 is 0 Å². The standard InChI is InChI=1S/C17H33N3/c1-6-10-11-14(7-2)12-17(18-9-4)15-13-20(5)19-16(15)8-3/h13-14,17-18H,6-12H2,1-5H3. The normalized spacial score (nSPS) is 14.4. The number of nitrogens with zero attached hydrogens (tertiary/aromatic N) is 2. The van der Waals surface area contributed by atoms with E-state index in [1.165, 1.54) is 43.4 Å². The highest BCUT2D eigenvalue weighted by Gasteiger charge is 2.20. The van der Waals surface area contributed by atoms with Crippen molar-refractivity contribution in [1.82, 2.24) is 15.1 Å². The first kappa shape index (κ1) is 17.2. The molecule has 0 bridgehead atoms. The van der Waals surface area contributed by atoms with Crippen molar-refractivity contribution >= 4 is 0 Å². The lowest BCUT2D eigenvalue weighted by Gasteiger charge is -2.23. The predicted octanol–water partition coefficient (Wildman–Crippen LogP) is 4.24. The Morgan fingerprint density at radius 2 is 2.00 bits per heavy atom. The molecule has 1 aromatic rings. The van der Waals surface area contributed by atoms with Gasteiger partial charge in [0.25, 0.3) is 0 Å². The van der Waals surface area contributed by atoms with Crippen LogP contribution in [0, 0.1) is 5.92 Å². The van der Waals surface area contributed by atoms with Crippen molar-refractivity contribution in [2.24, 2.45) is 13.0 Å². The minimum atomic E-state index is 0.463. The summed E-state index contributed by atoms with van der Waals surface area (Å²) in [6, 6.07) is 0.463. The van der Waals surface area contributed by atoms with Crippen LogP contribution >= 0.6 is 0 Å². The maximum atomic E-state index is 4.60. The fourth-order valence-electron chi connectivity index (χ4n) is 3.00. The molecular formula is C17H33N3. The molecule has 0 aromatic carbocycles. The highest BCUT2D eigenvalue weighted by molar-refractivity contribution is 5.21. The lowest BCUT2D eigenvalue weighted by atomic mass is 9.89. The van der Waals surface area contributed by atoms with Crippen LogP contribution in [0.4, 0.5) is 0 Å². The van der Waals surface area contributed by atoms with Crippen LogP contribution in [-0.2, 0) is 13.5 Å². The molecule has 1 rings (SSSR count). The van der Waals surface area contributed by atoms with Gasteiger partial charge in [-0.15, -0.1) is 0 Å². The van der Waals surface area contributed by atoms with Gasteiger partial charge in [0.15, 0.2) is 0 Å². The van der Waals surface area contributed by atoms with Crippen molar-refractivity contribution in [3.8, 4) is 0 Å². The summed E-state index contributed by atoms with van der Waals surface area (Å²) >= 11 is 0. The minimum absolute atomic E-state index is 0.463. The largest absolute Gasteiger partial charge is 0.310 e. The fourth-order valence-corrected chi connectivity index (χ4v) is 3.00. The smallest absolute Gasteiger partial charge is 0.0669 e. The molecule has 1 aromatic heterocycles. The zero-order valence-corrected chi connectivity index (χ0v) is 14.1. The third-order valence-electron chi connectivity index (χ3n) is 4.21. The monoisotopic (exact) mass is 279 g/mol. The molecule has 2 unspecified atom stereocenters. The maximum absolute atomic E-state index is 4.60. The molecule has 2 atom stereocenters. The third kappa shape index (κ3) is 4.93. The average Bonchev–Trinajstić information content (AvgIpc) is 2.83. The van der Waals surface area contributed by atoms with E-state index >= 15 is 0 Å². The van der Waals surface area contributed by atoms with E-state index in [4.69, 9.17) is 0 Å². The van der Waals surface area contributed by atoms with E-state index in [2.05, 4.69) is 44.3 Å². The van der Waals surface area contributed by atoms with E-state index in [0.29, 0.717) is 6.04 Å². The van der Waals surface area contributed by atoms with Crippen LogP contribution in [0.5, 0.6) is 0 Å². The number of aromatic nitrogens is 2. The summed E-state index contributed by atoms with van der Waals surface area (Å²) in [5.74, 6) is 0.823. The predicted molar refractivity (Wildman–Crippen MR) is 86.9 cm³/mol. The topological polar surface area (TPSA) is 29.9 Å². The summed E-state index contributed by atoms with van der Waals surface area (Å²) in [6.07, 6.45) is 9.76. The summed E-state index contributed by atoms with van der Waals surface area (Å²) in [7, 11) is 2.03. The molecule has 0 saturated carbocycles. The lowest BCUT2D eigenvalue weighted by Crippen LogP contribution is -2.24. The Morgan fingerprint density at radius 1 is 1.25 bits per heavy atom. The van der Waals surface area contributed by atoms with E-state index in [9.17, 15) is 0 Å². The van der Waals surface area contributed by atoms with Gasteiger partial charge in [0, 0.05) is 24.8 Å². The van der Waals surface area contributed by atoms with Crippen LogP contribution in [0.3, 0.4) is 0 Å². The molecule has 0 amide bonds. The zero-order valence-electron chi connectivity index (χ0n) is 14.1. The van der Waals surface area contributed by atoms with Crippen molar-refractivity contribution in [1.29, 1.82) is 0 Å². The molecule has 3 nitrogen and oxygen atoms in total. The van der Waals surface area contributed by atoms with Gasteiger partial charge < -0.3 is 5.32 Å². The van der Waals surface area contributed by atoms with Crippen molar-refractivity contribution in [2.45, 2.75) is 72.3 Å². The molecule has 0 saturated heterocycles. The van der Waals surface area contributed by atoms with E-state index in [1.54, 1.807) is 0 Å². The van der Waals surface area contributed by atoms with Gasteiger partial charge in [-0.3, -0.25) is 4.68 Å². The third-order valence-corrected chi connectivity index (χ3v) is 4.21. The van der Waals surface area contributed by atoms with Crippen molar-refractivity contribution < 1.29 is 0 Å². The molecule has 0 aliphatic heterocycles. The summed E-state index contributed by atoms with van der Waals surface area (Å²) in [5, 5.41) is 8.28. The van der Waals surface area contributed by atoms with Gasteiger partial charge in [-0.05, 0) is 25.3 Å². The molecule has 0 radical (unpaired) electrons. The SMILES string of the molecule is CCCCC(CC)CC(NCC)c1cn(C)nc1CC. The van der Waals surface area contributed by atoms with Crippen LogP contribution in [0.1, 0.15) is 77.1 Å². The first-order valence-electron chi connectivity index (χ1n) is 8.41. The van der Waals surface area contributed by atoms with Crippen molar-refractivity contribution in [2.75, 3.05) is 6.54 Å². The van der Waals surface area contributed by atoms with Crippen LogP contribution in [0.2, 0.25) is 0 Å². The Labute approximate surface area is 125 Å². The van der Waals surface area contributed by atoms with Crippen LogP contribution in [0.15, 0.2) is 6.20 Å². The van der Waals surface area contributed by atoms with Gasteiger partial charge in [-0.1, -0.05) is 53.4 Å². The Hall–Kier alpha value is -0.830. The van der Waals surface area contributed by atoms with Crippen molar-refractivity contribution in [3.63, 3.8) is 0 Å². The van der Waals surface area contributed by atoms with Crippen molar-refractivity contribution in [3.05, 3.63) is 17.5 Å². The van der Waals surface area contributed by atoms with Crippen LogP contribution < -0.4 is 5.32 Å². The second-order valence-corrected chi connectivity index (χ2v) is 5.82. The van der Waals surface area contributed by atoms with Gasteiger partial charge in [-0.2, -0.15) is 5.10 Å². The Bertz CT molecular complexity index is 370. The number of unbranched alkanes of at least 4 members (excludes halogenated alkanes) is 1. The Kier molecular flexibility index (Phi) is 7.90. The summed E-state index contributed by atoms with van der Waals surface area (Å²) in [6.45, 7) is 10.0. The first-order valence-corrected chi connectivity index (χ1v) is 8.41. The average molecular weight is 279 g/mol. The molecular weight excluding hydrogens is 246 g/mol. The quantitative estimate of drug-likeness (QED) is 0.694. The highest BCUT2D eigenvalue weighted by atomic mass is 15.3. The number of rotatable bonds is 10. The zero-order chi connectivity index (χ0) is 15.0. The number of nitrogens with one attached hydrogen (secondary N) is 1. The fraction of sp³-hybridized carbons (Fsp3) is 0.824. The lowest BCUT2D eigenvalue weighted by molar-refractivity contribution is 0.356. The van der Waals surface area contributed by atoms with Gasteiger partial charge in [0.1, 0.15) is 0 Å². The van der Waals surface area contributed by atoms with E-state index < -0.39 is 0 Å². The summed E-state index contributed by atoms with van der Waals surface area (Å²) < 4.78 is 1.96. The second kappa shape index (κ2) is 9.17. The number of hydrogen-bond donors (Lipinski definition) is 1. The van der Waals surface area contributed by atoms with E-state index in [-0.39, 0.29) is 0 Å². The molecule has 0 aliphatic carbocycles. The van der Waals surface area contributed by atoms with Gasteiger partial charge in [0.2, 0.25) is 0 Å². The van der Waals surface area contributed by atoms with E-state index in [0.717, 1.165) is 18.9 Å². The van der Waals surface area contributed by atoms with Crippen LogP contribution in [0.25, 0.3) is 0 Å². The molecule has 3 heteroatoms. The first-order chi connectivity index (χ1) is 9.65. The maximum Gasteiger partial charge on any atom is 0.0669 e. The molecule has 0 spiro atoms. The van der Waals surface area contributed by atoms with E-state index in [1.807, 2.05) is 11.7 Å².